The highest BCUT2D eigenvalue weighted by Gasteiger charge is 2.08. The Bertz CT molecular complexity index is 657. The van der Waals surface area contributed by atoms with Crippen molar-refractivity contribution < 1.29 is 4.52 Å². The molecule has 0 spiro atoms. The highest BCUT2D eigenvalue weighted by Crippen LogP contribution is 2.08. The second-order valence-corrected chi connectivity index (χ2v) is 4.37. The van der Waals surface area contributed by atoms with Crippen molar-refractivity contribution in [1.82, 2.24) is 19.7 Å². The van der Waals surface area contributed by atoms with Crippen LogP contribution in [0.1, 0.15) is 23.1 Å². The molecule has 0 N–H and O–H groups in total. The summed E-state index contributed by atoms with van der Waals surface area (Å²) in [5, 5.41) is 3.99. The first-order valence-electron chi connectivity index (χ1n) is 6.14. The van der Waals surface area contributed by atoms with Gasteiger partial charge in [-0.2, -0.15) is 4.98 Å². The van der Waals surface area contributed by atoms with Gasteiger partial charge in [-0.15, -0.1) is 0 Å². The molecule has 0 bridgehead atoms. The zero-order valence-corrected chi connectivity index (χ0v) is 10.7. The molecular formula is C14H14N4O. The van der Waals surface area contributed by atoms with Crippen LogP contribution in [0, 0.1) is 6.92 Å². The average molecular weight is 254 g/mol. The van der Waals surface area contributed by atoms with Gasteiger partial charge in [0.05, 0.1) is 13.0 Å². The Morgan fingerprint density at radius 2 is 2.05 bits per heavy atom. The smallest absolute Gasteiger partial charge is 0.231 e. The predicted octanol–water partition coefficient (Wildman–Crippen LogP) is 2.21. The molecule has 3 rings (SSSR count). The summed E-state index contributed by atoms with van der Waals surface area (Å²) in [6.07, 6.45) is 4.33. The molecule has 0 radical (unpaired) electrons. The summed E-state index contributed by atoms with van der Waals surface area (Å²) in [5.41, 5.74) is 1.16. The van der Waals surface area contributed by atoms with Crippen molar-refractivity contribution in [2.24, 2.45) is 0 Å². The van der Waals surface area contributed by atoms with Gasteiger partial charge in [0, 0.05) is 12.4 Å². The molecule has 2 heterocycles. The predicted molar refractivity (Wildman–Crippen MR) is 69.6 cm³/mol. The Labute approximate surface area is 110 Å². The van der Waals surface area contributed by atoms with E-state index in [1.54, 1.807) is 6.20 Å². The minimum absolute atomic E-state index is 0.587. The van der Waals surface area contributed by atoms with E-state index < -0.39 is 0 Å². The van der Waals surface area contributed by atoms with E-state index in [0.29, 0.717) is 24.7 Å². The minimum Gasteiger partial charge on any atom is -0.339 e. The molecule has 96 valence electrons. The molecule has 0 saturated carbocycles. The maximum absolute atomic E-state index is 5.26. The number of aromatic nitrogens is 4. The van der Waals surface area contributed by atoms with Crippen molar-refractivity contribution in [2.75, 3.05) is 0 Å². The third kappa shape index (κ3) is 2.70. The van der Waals surface area contributed by atoms with Crippen molar-refractivity contribution in [3.05, 3.63) is 65.8 Å². The molecule has 0 amide bonds. The molecule has 0 aliphatic heterocycles. The lowest BCUT2D eigenvalue weighted by Gasteiger charge is -1.98. The van der Waals surface area contributed by atoms with E-state index in [2.05, 4.69) is 15.1 Å². The SMILES string of the molecule is Cc1nccn1Cc1noc(Cc2ccccc2)n1. The van der Waals surface area contributed by atoms with E-state index in [1.165, 1.54) is 0 Å². The number of benzene rings is 1. The quantitative estimate of drug-likeness (QED) is 0.716. The van der Waals surface area contributed by atoms with Crippen LogP contribution in [0.5, 0.6) is 0 Å². The lowest BCUT2D eigenvalue weighted by atomic mass is 10.1. The second kappa shape index (κ2) is 5.06. The number of hydrogen-bond donors (Lipinski definition) is 0. The monoisotopic (exact) mass is 254 g/mol. The fraction of sp³-hybridized carbons (Fsp3) is 0.214. The Hall–Kier alpha value is -2.43. The molecule has 5 heteroatoms. The highest BCUT2D eigenvalue weighted by molar-refractivity contribution is 5.17. The molecule has 0 unspecified atom stereocenters. The summed E-state index contributed by atoms with van der Waals surface area (Å²) < 4.78 is 7.25. The molecule has 19 heavy (non-hydrogen) atoms. The molecule has 5 nitrogen and oxygen atoms in total. The van der Waals surface area contributed by atoms with Crippen LogP contribution >= 0.6 is 0 Å². The van der Waals surface area contributed by atoms with Crippen molar-refractivity contribution in [1.29, 1.82) is 0 Å². The van der Waals surface area contributed by atoms with E-state index in [4.69, 9.17) is 4.52 Å². The molecule has 0 fully saturated rings. The van der Waals surface area contributed by atoms with Crippen molar-refractivity contribution in [3.63, 3.8) is 0 Å². The normalized spacial score (nSPS) is 10.8. The second-order valence-electron chi connectivity index (χ2n) is 4.37. The Morgan fingerprint density at radius 1 is 1.21 bits per heavy atom. The summed E-state index contributed by atoms with van der Waals surface area (Å²) in [5.74, 6) is 2.25. The zero-order valence-electron chi connectivity index (χ0n) is 10.7. The third-order valence-corrected chi connectivity index (χ3v) is 2.94. The van der Waals surface area contributed by atoms with Gasteiger partial charge in [-0.05, 0) is 12.5 Å². The molecular weight excluding hydrogens is 240 g/mol. The lowest BCUT2D eigenvalue weighted by Crippen LogP contribution is -2.02. The van der Waals surface area contributed by atoms with Gasteiger partial charge in [-0.25, -0.2) is 4.98 Å². The van der Waals surface area contributed by atoms with Gasteiger partial charge in [-0.3, -0.25) is 0 Å². The fourth-order valence-corrected chi connectivity index (χ4v) is 1.92. The summed E-state index contributed by atoms with van der Waals surface area (Å²) >= 11 is 0. The zero-order chi connectivity index (χ0) is 13.1. The number of aryl methyl sites for hydroxylation is 1. The molecule has 1 aromatic carbocycles. The highest BCUT2D eigenvalue weighted by atomic mass is 16.5. The van der Waals surface area contributed by atoms with Crippen LogP contribution in [0.25, 0.3) is 0 Å². The van der Waals surface area contributed by atoms with Crippen LogP contribution in [-0.4, -0.2) is 19.7 Å². The van der Waals surface area contributed by atoms with Gasteiger partial charge >= 0.3 is 0 Å². The number of rotatable bonds is 4. The Kier molecular flexibility index (Phi) is 3.10. The lowest BCUT2D eigenvalue weighted by molar-refractivity contribution is 0.378. The van der Waals surface area contributed by atoms with Gasteiger partial charge < -0.3 is 9.09 Å². The average Bonchev–Trinajstić information content (AvgIpc) is 3.02. The van der Waals surface area contributed by atoms with Gasteiger partial charge in [0.1, 0.15) is 5.82 Å². The fourth-order valence-electron chi connectivity index (χ4n) is 1.92. The Morgan fingerprint density at radius 3 is 2.79 bits per heavy atom. The van der Waals surface area contributed by atoms with Crippen molar-refractivity contribution in [3.8, 4) is 0 Å². The van der Waals surface area contributed by atoms with Gasteiger partial charge in [0.15, 0.2) is 5.82 Å². The van der Waals surface area contributed by atoms with E-state index in [-0.39, 0.29) is 0 Å². The number of imidazole rings is 1. The Balaban J connectivity index is 1.72. The molecule has 2 aromatic heterocycles. The maximum atomic E-state index is 5.26. The first-order valence-corrected chi connectivity index (χ1v) is 6.14. The molecule has 0 aliphatic rings. The summed E-state index contributed by atoms with van der Waals surface area (Å²) in [7, 11) is 0. The number of nitrogens with zero attached hydrogens (tertiary/aromatic N) is 4. The van der Waals surface area contributed by atoms with E-state index in [0.717, 1.165) is 11.4 Å². The molecule has 0 saturated heterocycles. The summed E-state index contributed by atoms with van der Waals surface area (Å²) in [6.45, 7) is 2.54. The van der Waals surface area contributed by atoms with Gasteiger partial charge in [0.2, 0.25) is 5.89 Å². The van der Waals surface area contributed by atoms with Crippen LogP contribution < -0.4 is 0 Å². The topological polar surface area (TPSA) is 56.7 Å². The van der Waals surface area contributed by atoms with Crippen LogP contribution in [0.15, 0.2) is 47.2 Å². The largest absolute Gasteiger partial charge is 0.339 e. The standard InChI is InChI=1S/C14H14N4O/c1-11-15-7-8-18(11)10-13-16-14(19-17-13)9-12-5-3-2-4-6-12/h2-8H,9-10H2,1H3. The first kappa shape index (κ1) is 11.6. The summed E-state index contributed by atoms with van der Waals surface area (Å²) in [6, 6.07) is 10.1. The first-order chi connectivity index (χ1) is 9.31. The molecule has 3 aromatic rings. The maximum Gasteiger partial charge on any atom is 0.231 e. The number of hydrogen-bond acceptors (Lipinski definition) is 4. The van der Waals surface area contributed by atoms with Crippen LogP contribution in [0.2, 0.25) is 0 Å². The molecule has 0 aliphatic carbocycles. The van der Waals surface area contributed by atoms with Crippen molar-refractivity contribution >= 4 is 0 Å². The van der Waals surface area contributed by atoms with Crippen LogP contribution in [-0.2, 0) is 13.0 Å². The van der Waals surface area contributed by atoms with E-state index >= 15 is 0 Å². The minimum atomic E-state index is 0.587. The van der Waals surface area contributed by atoms with Crippen LogP contribution in [0.4, 0.5) is 0 Å². The summed E-state index contributed by atoms with van der Waals surface area (Å²) in [4.78, 5) is 8.56. The van der Waals surface area contributed by atoms with E-state index in [1.807, 2.05) is 48.0 Å². The van der Waals surface area contributed by atoms with Crippen molar-refractivity contribution in [2.45, 2.75) is 19.9 Å². The van der Waals surface area contributed by atoms with Gasteiger partial charge in [-0.1, -0.05) is 35.5 Å². The molecule has 0 atom stereocenters. The van der Waals surface area contributed by atoms with Crippen LogP contribution in [0.3, 0.4) is 0 Å². The third-order valence-electron chi connectivity index (χ3n) is 2.94. The van der Waals surface area contributed by atoms with E-state index in [9.17, 15) is 0 Å². The van der Waals surface area contributed by atoms with Gasteiger partial charge in [0.25, 0.3) is 0 Å².